The Morgan fingerprint density at radius 3 is 1.26 bits per heavy atom. The van der Waals surface area contributed by atoms with Gasteiger partial charge < -0.3 is 14.4 Å². The molecule has 0 fully saturated rings. The van der Waals surface area contributed by atoms with Crippen molar-refractivity contribution in [2.45, 2.75) is 0 Å². The second-order valence-corrected chi connectivity index (χ2v) is 14.2. The van der Waals surface area contributed by atoms with E-state index < -0.39 is 0 Å². The van der Waals surface area contributed by atoms with Crippen LogP contribution in [0.1, 0.15) is 0 Å². The van der Waals surface area contributed by atoms with Gasteiger partial charge in [0.1, 0.15) is 0 Å². The highest BCUT2D eigenvalue weighted by atomic mass is 15.1. The summed E-state index contributed by atoms with van der Waals surface area (Å²) in [6, 6.07) is 84.6. The highest BCUT2D eigenvalue weighted by Gasteiger charge is 2.18. The van der Waals surface area contributed by atoms with Crippen molar-refractivity contribution >= 4 is 55.9 Å². The van der Waals surface area contributed by atoms with Gasteiger partial charge >= 0.3 is 0 Å². The molecule has 1 aromatic heterocycles. The molecule has 0 atom stereocenters. The summed E-state index contributed by atoms with van der Waals surface area (Å²) >= 11 is 0. The summed E-state index contributed by atoms with van der Waals surface area (Å²) in [7, 11) is 0. The molecule has 0 aliphatic carbocycles. The van der Waals surface area contributed by atoms with Crippen molar-refractivity contribution < 1.29 is 0 Å². The molecular weight excluding hydrogens is 691 g/mol. The zero-order valence-electron chi connectivity index (χ0n) is 31.4. The summed E-state index contributed by atoms with van der Waals surface area (Å²) in [5.41, 5.74) is 14.8. The van der Waals surface area contributed by atoms with Crippen LogP contribution in [-0.2, 0) is 0 Å². The molecule has 0 amide bonds. The van der Waals surface area contributed by atoms with Gasteiger partial charge in [-0.2, -0.15) is 0 Å². The normalized spacial score (nSPS) is 11.2. The highest BCUT2D eigenvalue weighted by Crippen LogP contribution is 2.41. The molecule has 0 aliphatic rings. The molecule has 0 unspecified atom stereocenters. The van der Waals surface area contributed by atoms with E-state index in [2.05, 4.69) is 251 Å². The third kappa shape index (κ3) is 6.52. The Hall–Kier alpha value is -7.62. The lowest BCUT2D eigenvalue weighted by atomic mass is 10.0. The molecule has 270 valence electrons. The predicted octanol–water partition coefficient (Wildman–Crippen LogP) is 15.1. The van der Waals surface area contributed by atoms with Crippen LogP contribution >= 0.6 is 0 Å². The zero-order chi connectivity index (χ0) is 38.0. The fraction of sp³-hybridized carbons (Fsp3) is 0. The van der Waals surface area contributed by atoms with E-state index in [1.807, 2.05) is 0 Å². The number of fused-ring (bicyclic) bond motifs is 3. The van der Waals surface area contributed by atoms with Crippen molar-refractivity contribution in [2.24, 2.45) is 0 Å². The quantitative estimate of drug-likeness (QED) is 0.147. The largest absolute Gasteiger partial charge is 0.310 e. The third-order valence-corrected chi connectivity index (χ3v) is 10.8. The van der Waals surface area contributed by atoms with Crippen LogP contribution in [0.3, 0.4) is 0 Å². The van der Waals surface area contributed by atoms with Crippen molar-refractivity contribution in [2.75, 3.05) is 9.80 Å². The van der Waals surface area contributed by atoms with E-state index in [4.69, 9.17) is 0 Å². The lowest BCUT2D eigenvalue weighted by molar-refractivity contribution is 1.18. The topological polar surface area (TPSA) is 11.4 Å². The average molecular weight is 730 g/mol. The first-order valence-electron chi connectivity index (χ1n) is 19.4. The van der Waals surface area contributed by atoms with Crippen molar-refractivity contribution in [3.8, 4) is 27.9 Å². The number of hydrogen-bond donors (Lipinski definition) is 0. The first-order chi connectivity index (χ1) is 28.3. The van der Waals surface area contributed by atoms with Gasteiger partial charge in [-0.25, -0.2) is 0 Å². The van der Waals surface area contributed by atoms with E-state index in [0.717, 1.165) is 50.9 Å². The van der Waals surface area contributed by atoms with Crippen LogP contribution < -0.4 is 9.80 Å². The maximum absolute atomic E-state index is 2.38. The molecule has 0 N–H and O–H groups in total. The molecule has 1 heterocycles. The number of para-hydroxylation sites is 4. The third-order valence-electron chi connectivity index (χ3n) is 10.8. The van der Waals surface area contributed by atoms with E-state index in [1.54, 1.807) is 0 Å². The molecule has 0 saturated heterocycles. The van der Waals surface area contributed by atoms with Gasteiger partial charge in [-0.3, -0.25) is 0 Å². The zero-order valence-corrected chi connectivity index (χ0v) is 31.4. The Balaban J connectivity index is 1.03. The van der Waals surface area contributed by atoms with Crippen LogP contribution in [0.5, 0.6) is 0 Å². The minimum atomic E-state index is 1.09. The van der Waals surface area contributed by atoms with E-state index in [1.165, 1.54) is 32.9 Å². The van der Waals surface area contributed by atoms with E-state index in [0.29, 0.717) is 0 Å². The first kappa shape index (κ1) is 33.9. The number of benzene rings is 9. The van der Waals surface area contributed by atoms with Crippen molar-refractivity contribution in [1.82, 2.24) is 4.57 Å². The number of rotatable bonds is 9. The van der Waals surface area contributed by atoms with Crippen LogP contribution in [0.4, 0.5) is 34.1 Å². The number of aromatic nitrogens is 1. The molecule has 10 aromatic rings. The number of anilines is 6. The molecule has 57 heavy (non-hydrogen) atoms. The molecule has 10 rings (SSSR count). The Morgan fingerprint density at radius 1 is 0.246 bits per heavy atom. The van der Waals surface area contributed by atoms with E-state index in [9.17, 15) is 0 Å². The molecule has 0 bridgehead atoms. The second kappa shape index (κ2) is 14.9. The molecular formula is C54H39N3. The van der Waals surface area contributed by atoms with Gasteiger partial charge in [0.25, 0.3) is 0 Å². The molecule has 0 spiro atoms. The van der Waals surface area contributed by atoms with Crippen LogP contribution in [0.15, 0.2) is 237 Å². The first-order valence-corrected chi connectivity index (χ1v) is 19.4. The Labute approximate surface area is 333 Å². The minimum Gasteiger partial charge on any atom is -0.310 e. The fourth-order valence-electron chi connectivity index (χ4n) is 8.06. The van der Waals surface area contributed by atoms with Gasteiger partial charge in [-0.15, -0.1) is 0 Å². The predicted molar refractivity (Wildman–Crippen MR) is 241 cm³/mol. The van der Waals surface area contributed by atoms with Gasteiger partial charge in [0.2, 0.25) is 0 Å². The monoisotopic (exact) mass is 729 g/mol. The summed E-state index contributed by atoms with van der Waals surface area (Å²) in [5, 5.41) is 2.48. The molecule has 0 saturated carbocycles. The Bertz CT molecular complexity index is 2920. The summed E-state index contributed by atoms with van der Waals surface area (Å²) in [5.74, 6) is 0. The number of nitrogens with zero attached hydrogens (tertiary/aromatic N) is 3. The van der Waals surface area contributed by atoms with Gasteiger partial charge in [-0.05, 0) is 113 Å². The maximum atomic E-state index is 2.38. The molecule has 3 nitrogen and oxygen atoms in total. The smallest absolute Gasteiger partial charge is 0.0561 e. The van der Waals surface area contributed by atoms with E-state index in [-0.39, 0.29) is 0 Å². The summed E-state index contributed by atoms with van der Waals surface area (Å²) in [4.78, 5) is 4.68. The van der Waals surface area contributed by atoms with Gasteiger partial charge in [0.15, 0.2) is 0 Å². The summed E-state index contributed by atoms with van der Waals surface area (Å²) < 4.78 is 2.38. The number of hydrogen-bond acceptors (Lipinski definition) is 2. The lowest BCUT2D eigenvalue weighted by Gasteiger charge is -2.27. The molecule has 3 heteroatoms. The fourth-order valence-corrected chi connectivity index (χ4v) is 8.06. The molecule has 0 radical (unpaired) electrons. The summed E-state index contributed by atoms with van der Waals surface area (Å²) in [6.45, 7) is 0. The van der Waals surface area contributed by atoms with Crippen molar-refractivity contribution in [1.29, 1.82) is 0 Å². The minimum absolute atomic E-state index is 1.09. The highest BCUT2D eigenvalue weighted by molar-refractivity contribution is 6.10. The van der Waals surface area contributed by atoms with Crippen molar-refractivity contribution in [3.05, 3.63) is 237 Å². The summed E-state index contributed by atoms with van der Waals surface area (Å²) in [6.07, 6.45) is 0. The molecule has 0 aliphatic heterocycles. The standard InChI is InChI=1S/C54H39N3/c1-5-16-40(17-6-1)41-28-32-47(33-29-41)55(44-19-7-2-8-20-44)49-25-15-18-43(38-49)42-30-34-48(35-31-42)56(45-21-9-3-10-22-45)50-36-37-52-51-26-13-14-27-53(51)57(54(52)39-50)46-23-11-4-12-24-46/h1-39H. The molecule has 9 aromatic carbocycles. The van der Waals surface area contributed by atoms with Crippen molar-refractivity contribution in [3.63, 3.8) is 0 Å². The van der Waals surface area contributed by atoms with Gasteiger partial charge in [0.05, 0.1) is 11.0 Å². The Kier molecular flexibility index (Phi) is 8.86. The lowest BCUT2D eigenvalue weighted by Crippen LogP contribution is -2.10. The van der Waals surface area contributed by atoms with Gasteiger partial charge in [0, 0.05) is 50.6 Å². The van der Waals surface area contributed by atoms with Gasteiger partial charge in [-0.1, -0.05) is 146 Å². The SMILES string of the molecule is c1ccc(-c2ccc(N(c3ccccc3)c3cccc(-c4ccc(N(c5ccccc5)c5ccc6c7ccccc7n(-c7ccccc7)c6c5)cc4)c3)cc2)cc1. The Morgan fingerprint density at radius 2 is 0.649 bits per heavy atom. The van der Waals surface area contributed by atoms with Crippen LogP contribution in [0, 0.1) is 0 Å². The van der Waals surface area contributed by atoms with Crippen LogP contribution in [0.2, 0.25) is 0 Å². The van der Waals surface area contributed by atoms with Crippen LogP contribution in [0.25, 0.3) is 49.7 Å². The van der Waals surface area contributed by atoms with Crippen LogP contribution in [-0.4, -0.2) is 4.57 Å². The average Bonchev–Trinajstić information content (AvgIpc) is 3.62. The second-order valence-electron chi connectivity index (χ2n) is 14.2. The van der Waals surface area contributed by atoms with E-state index >= 15 is 0 Å². The maximum Gasteiger partial charge on any atom is 0.0561 e.